The molecule has 2 fully saturated rings. The van der Waals surface area contributed by atoms with Gasteiger partial charge in [0.05, 0.1) is 12.4 Å². The maximum atomic E-state index is 10.1. The highest BCUT2D eigenvalue weighted by Gasteiger charge is 2.68. The summed E-state index contributed by atoms with van der Waals surface area (Å²) in [5.74, 6) is 0.273. The standard InChI is InChI=1S/C10H11N5O3/c11-7-5-8(13-2-12-7)15(3-14-5)9-6(16)10(17)1-4(10)18-9/h2-4,6,9,16-17H,1H2,(H2,11,12,13)/t4-,6-,9-,10-/m1/s1. The lowest BCUT2D eigenvalue weighted by atomic mass is 10.2. The Balaban J connectivity index is 1.82. The van der Waals surface area contributed by atoms with Crippen LogP contribution in [0.15, 0.2) is 12.7 Å². The molecule has 4 rings (SSSR count). The molecule has 0 amide bonds. The molecular weight excluding hydrogens is 238 g/mol. The summed E-state index contributed by atoms with van der Waals surface area (Å²) in [7, 11) is 0. The average Bonchev–Trinajstić information content (AvgIpc) is 2.72. The number of imidazole rings is 1. The average molecular weight is 249 g/mol. The number of fused-ring (bicyclic) bond motifs is 2. The highest BCUT2D eigenvalue weighted by Crippen LogP contribution is 2.53. The van der Waals surface area contributed by atoms with E-state index in [1.54, 1.807) is 4.57 Å². The molecular formula is C10H11N5O3. The molecule has 8 nitrogen and oxygen atoms in total. The molecule has 2 aliphatic rings. The van der Waals surface area contributed by atoms with Crippen molar-refractivity contribution in [1.29, 1.82) is 0 Å². The monoisotopic (exact) mass is 249 g/mol. The molecule has 0 bridgehead atoms. The van der Waals surface area contributed by atoms with Gasteiger partial charge in [0.1, 0.15) is 23.5 Å². The van der Waals surface area contributed by atoms with Gasteiger partial charge in [0, 0.05) is 6.42 Å². The number of nitrogen functional groups attached to an aromatic ring is 1. The topological polar surface area (TPSA) is 119 Å². The minimum atomic E-state index is -1.13. The minimum absolute atomic E-state index is 0.273. The number of nitrogens with zero attached hydrogens (tertiary/aromatic N) is 4. The smallest absolute Gasteiger partial charge is 0.167 e. The van der Waals surface area contributed by atoms with Crippen LogP contribution in [0, 0.1) is 0 Å². The Hall–Kier alpha value is -1.77. The Morgan fingerprint density at radius 1 is 1.44 bits per heavy atom. The Morgan fingerprint density at radius 2 is 2.28 bits per heavy atom. The molecule has 1 aliphatic carbocycles. The summed E-state index contributed by atoms with van der Waals surface area (Å²) in [4.78, 5) is 12.0. The van der Waals surface area contributed by atoms with E-state index < -0.39 is 17.9 Å². The first-order chi connectivity index (χ1) is 8.61. The van der Waals surface area contributed by atoms with Crippen molar-refractivity contribution >= 4 is 17.0 Å². The van der Waals surface area contributed by atoms with E-state index in [1.807, 2.05) is 0 Å². The van der Waals surface area contributed by atoms with E-state index in [-0.39, 0.29) is 11.9 Å². The van der Waals surface area contributed by atoms with Crippen molar-refractivity contribution in [2.24, 2.45) is 0 Å². The number of hydrogen-bond donors (Lipinski definition) is 3. The van der Waals surface area contributed by atoms with Gasteiger partial charge in [-0.1, -0.05) is 0 Å². The van der Waals surface area contributed by atoms with Crippen LogP contribution in [-0.4, -0.2) is 47.5 Å². The second-order valence-corrected chi connectivity index (χ2v) is 4.74. The molecule has 4 N–H and O–H groups in total. The Bertz CT molecular complexity index is 643. The fourth-order valence-corrected chi connectivity index (χ4v) is 2.48. The van der Waals surface area contributed by atoms with Gasteiger partial charge in [-0.3, -0.25) is 4.57 Å². The van der Waals surface area contributed by atoms with Crippen molar-refractivity contribution in [3.05, 3.63) is 12.7 Å². The molecule has 0 spiro atoms. The lowest BCUT2D eigenvalue weighted by Gasteiger charge is -2.20. The number of aromatic nitrogens is 4. The third-order valence-corrected chi connectivity index (χ3v) is 3.66. The number of aliphatic hydroxyl groups excluding tert-OH is 1. The van der Waals surface area contributed by atoms with Crippen LogP contribution in [0.5, 0.6) is 0 Å². The van der Waals surface area contributed by atoms with Crippen LogP contribution in [-0.2, 0) is 4.74 Å². The summed E-state index contributed by atoms with van der Waals surface area (Å²) in [6.45, 7) is 0. The SMILES string of the molecule is Nc1ncnc2c1ncn2[C@@H]1O[C@@H]2C[C@]2(O)[C@@H]1O. The summed E-state index contributed by atoms with van der Waals surface area (Å²) in [6, 6.07) is 0. The molecule has 1 aliphatic heterocycles. The van der Waals surface area contributed by atoms with Gasteiger partial charge in [-0.2, -0.15) is 0 Å². The molecule has 4 atom stereocenters. The highest BCUT2D eigenvalue weighted by molar-refractivity contribution is 5.81. The predicted octanol–water partition coefficient (Wildman–Crippen LogP) is -1.20. The second kappa shape index (κ2) is 2.97. The van der Waals surface area contributed by atoms with Crippen LogP contribution < -0.4 is 5.73 Å². The van der Waals surface area contributed by atoms with Crippen molar-refractivity contribution in [3.63, 3.8) is 0 Å². The van der Waals surface area contributed by atoms with Gasteiger partial charge in [-0.05, 0) is 0 Å². The zero-order valence-electron chi connectivity index (χ0n) is 9.26. The lowest BCUT2D eigenvalue weighted by Crippen LogP contribution is -2.32. The van der Waals surface area contributed by atoms with Gasteiger partial charge in [-0.15, -0.1) is 0 Å². The first kappa shape index (κ1) is 10.2. The van der Waals surface area contributed by atoms with Crippen LogP contribution >= 0.6 is 0 Å². The minimum Gasteiger partial charge on any atom is -0.385 e. The van der Waals surface area contributed by atoms with Crippen LogP contribution in [0.25, 0.3) is 11.2 Å². The number of ether oxygens (including phenoxy) is 1. The van der Waals surface area contributed by atoms with Crippen LogP contribution in [0.4, 0.5) is 5.82 Å². The summed E-state index contributed by atoms with van der Waals surface area (Å²) < 4.78 is 7.14. The van der Waals surface area contributed by atoms with E-state index in [1.165, 1.54) is 12.7 Å². The first-order valence-corrected chi connectivity index (χ1v) is 5.60. The predicted molar refractivity (Wildman–Crippen MR) is 59.2 cm³/mol. The Morgan fingerprint density at radius 3 is 3.00 bits per heavy atom. The zero-order chi connectivity index (χ0) is 12.5. The van der Waals surface area contributed by atoms with E-state index in [9.17, 15) is 10.2 Å². The molecule has 94 valence electrons. The third kappa shape index (κ3) is 1.07. The number of aliphatic hydroxyl groups is 2. The van der Waals surface area contributed by atoms with E-state index in [0.29, 0.717) is 17.6 Å². The van der Waals surface area contributed by atoms with Crippen molar-refractivity contribution in [2.45, 2.75) is 30.5 Å². The van der Waals surface area contributed by atoms with Gasteiger partial charge >= 0.3 is 0 Å². The molecule has 0 aromatic carbocycles. The fourth-order valence-electron chi connectivity index (χ4n) is 2.48. The quantitative estimate of drug-likeness (QED) is 0.580. The number of hydrogen-bond acceptors (Lipinski definition) is 7. The maximum Gasteiger partial charge on any atom is 0.167 e. The summed E-state index contributed by atoms with van der Waals surface area (Å²) >= 11 is 0. The summed E-state index contributed by atoms with van der Waals surface area (Å²) in [6.07, 6.45) is 1.29. The zero-order valence-corrected chi connectivity index (χ0v) is 9.26. The highest BCUT2D eigenvalue weighted by atomic mass is 16.6. The van der Waals surface area contributed by atoms with Gasteiger partial charge in [0.25, 0.3) is 0 Å². The Kier molecular flexibility index (Phi) is 1.68. The van der Waals surface area contributed by atoms with Crippen LogP contribution in [0.3, 0.4) is 0 Å². The van der Waals surface area contributed by atoms with Crippen LogP contribution in [0.2, 0.25) is 0 Å². The molecule has 2 aromatic heterocycles. The van der Waals surface area contributed by atoms with E-state index in [0.717, 1.165) is 0 Å². The van der Waals surface area contributed by atoms with Crippen molar-refractivity contribution in [1.82, 2.24) is 19.5 Å². The molecule has 0 radical (unpaired) electrons. The van der Waals surface area contributed by atoms with Crippen molar-refractivity contribution in [2.75, 3.05) is 5.73 Å². The molecule has 1 saturated carbocycles. The largest absolute Gasteiger partial charge is 0.385 e. The lowest BCUT2D eigenvalue weighted by molar-refractivity contribution is -0.0620. The number of anilines is 1. The Labute approximate surface area is 101 Å². The van der Waals surface area contributed by atoms with Gasteiger partial charge in [0.2, 0.25) is 0 Å². The van der Waals surface area contributed by atoms with E-state index in [2.05, 4.69) is 15.0 Å². The molecule has 3 heterocycles. The van der Waals surface area contributed by atoms with Crippen LogP contribution in [0.1, 0.15) is 12.6 Å². The normalized spacial score (nSPS) is 38.0. The fraction of sp³-hybridized carbons (Fsp3) is 0.500. The maximum absolute atomic E-state index is 10.1. The van der Waals surface area contributed by atoms with E-state index in [4.69, 9.17) is 10.5 Å². The van der Waals surface area contributed by atoms with Crippen molar-refractivity contribution < 1.29 is 14.9 Å². The van der Waals surface area contributed by atoms with Gasteiger partial charge in [0.15, 0.2) is 17.7 Å². The van der Waals surface area contributed by atoms with E-state index >= 15 is 0 Å². The first-order valence-electron chi connectivity index (χ1n) is 5.60. The number of nitrogens with two attached hydrogens (primary N) is 1. The molecule has 0 unspecified atom stereocenters. The van der Waals surface area contributed by atoms with Crippen molar-refractivity contribution in [3.8, 4) is 0 Å². The second-order valence-electron chi connectivity index (χ2n) is 4.74. The van der Waals surface area contributed by atoms with Gasteiger partial charge in [-0.25, -0.2) is 15.0 Å². The summed E-state index contributed by atoms with van der Waals surface area (Å²) in [5, 5.41) is 20.0. The molecule has 8 heteroatoms. The van der Waals surface area contributed by atoms with Gasteiger partial charge < -0.3 is 20.7 Å². The molecule has 18 heavy (non-hydrogen) atoms. The molecule has 2 aromatic rings. The third-order valence-electron chi connectivity index (χ3n) is 3.66. The number of rotatable bonds is 1. The summed E-state index contributed by atoms with van der Waals surface area (Å²) in [5.41, 5.74) is 5.50. The molecule has 1 saturated heterocycles.